The number of hydrogen-bond donors (Lipinski definition) is 3. The van der Waals surface area contributed by atoms with Gasteiger partial charge in [0, 0.05) is 0 Å². The van der Waals surface area contributed by atoms with Crippen LogP contribution in [0.25, 0.3) is 0 Å². The zero-order chi connectivity index (χ0) is 47.7. The van der Waals surface area contributed by atoms with Crippen molar-refractivity contribution < 1.29 is 59.1 Å². The summed E-state index contributed by atoms with van der Waals surface area (Å²) in [6.07, 6.45) is 0. The van der Waals surface area contributed by atoms with Gasteiger partial charge in [-0.25, -0.2) is 0 Å². The van der Waals surface area contributed by atoms with Crippen LogP contribution < -0.4 is 16.0 Å². The molecule has 0 aliphatic heterocycles. The number of rotatable bonds is 18. The van der Waals surface area contributed by atoms with E-state index in [0.29, 0.717) is 0 Å². The molecule has 0 saturated heterocycles. The van der Waals surface area contributed by atoms with Gasteiger partial charge in [0.25, 0.3) is 17.1 Å². The average Bonchev–Trinajstić information content (AvgIpc) is 3.16. The van der Waals surface area contributed by atoms with E-state index < -0.39 is 161 Å². The first-order valence-electron chi connectivity index (χ1n) is 15.0. The summed E-state index contributed by atoms with van der Waals surface area (Å²) in [6, 6.07) is -0.393. The lowest BCUT2D eigenvalue weighted by Gasteiger charge is -2.17. The minimum absolute atomic E-state index is 0.0656. The van der Waals surface area contributed by atoms with Gasteiger partial charge in [-0.15, -0.1) is 0 Å². The molecule has 324 valence electrons. The van der Waals surface area contributed by atoms with Gasteiger partial charge < -0.3 is 16.0 Å². The van der Waals surface area contributed by atoms with Crippen LogP contribution in [-0.4, -0.2) is 59.1 Å². The molecular weight excluding hydrogens is 882 g/mol. The van der Waals surface area contributed by atoms with E-state index in [9.17, 15) is 121 Å². The summed E-state index contributed by atoms with van der Waals surface area (Å²) in [6.45, 7) is 0. The molecule has 0 fully saturated rings. The minimum Gasteiger partial charge on any atom is -0.333 e. The first-order valence-corrected chi connectivity index (χ1v) is 15.0. The highest BCUT2D eigenvalue weighted by atomic mass is 16.7. The van der Waals surface area contributed by atoms with Gasteiger partial charge in [-0.1, -0.05) is 0 Å². The van der Waals surface area contributed by atoms with Gasteiger partial charge in [0.15, 0.2) is 17.1 Å². The maximum absolute atomic E-state index is 12.9. The Morgan fingerprint density at radius 3 is 0.508 bits per heavy atom. The van der Waals surface area contributed by atoms with Gasteiger partial charge in [-0.3, -0.25) is 121 Å². The second-order valence-electron chi connectivity index (χ2n) is 11.2. The van der Waals surface area contributed by atoms with Crippen LogP contribution in [0.15, 0.2) is 36.4 Å². The number of nitro benzene ring substituents is 12. The van der Waals surface area contributed by atoms with Crippen molar-refractivity contribution in [1.82, 2.24) is 0 Å². The molecule has 0 heterocycles. The highest BCUT2D eigenvalue weighted by molar-refractivity contribution is 6.06. The zero-order valence-corrected chi connectivity index (χ0v) is 29.1. The highest BCUT2D eigenvalue weighted by Gasteiger charge is 2.47. The number of anilines is 6. The molecule has 0 spiro atoms. The Hall–Kier alpha value is -10.9. The fourth-order valence-corrected chi connectivity index (χ4v) is 5.35. The van der Waals surface area contributed by atoms with Crippen molar-refractivity contribution in [2.45, 2.75) is 0 Å². The Bertz CT molecular complexity index is 2450. The summed E-state index contributed by atoms with van der Waals surface area (Å²) in [5, 5.41) is 150. The molecule has 0 atom stereocenters. The summed E-state index contributed by atoms with van der Waals surface area (Å²) in [5.41, 5.74) is -34.0. The van der Waals surface area contributed by atoms with Crippen LogP contribution in [0.4, 0.5) is 102 Å². The summed E-state index contributed by atoms with van der Waals surface area (Å²) in [5.74, 6) is 0. The highest BCUT2D eigenvalue weighted by Crippen LogP contribution is 2.58. The molecule has 63 heavy (non-hydrogen) atoms. The van der Waals surface area contributed by atoms with Gasteiger partial charge in [0.05, 0.1) is 95.5 Å². The third kappa shape index (κ3) is 8.39. The second-order valence-corrected chi connectivity index (χ2v) is 11.2. The number of nitro groups is 12. The largest absolute Gasteiger partial charge is 0.333 e. The monoisotopic (exact) mass is 891 g/mol. The summed E-state index contributed by atoms with van der Waals surface area (Å²) >= 11 is 0. The average molecular weight is 891 g/mol. The van der Waals surface area contributed by atoms with Crippen LogP contribution in [0.5, 0.6) is 0 Å². The molecule has 39 nitrogen and oxygen atoms in total. The van der Waals surface area contributed by atoms with E-state index in [1.807, 2.05) is 0 Å². The molecule has 0 saturated carbocycles. The molecular formula is C24H9N15O24. The summed E-state index contributed by atoms with van der Waals surface area (Å²) < 4.78 is 0. The van der Waals surface area contributed by atoms with Crippen molar-refractivity contribution in [3.8, 4) is 0 Å². The molecule has 0 aliphatic rings. The summed E-state index contributed by atoms with van der Waals surface area (Å²) in [4.78, 5) is 126. The number of benzene rings is 4. The van der Waals surface area contributed by atoms with Crippen LogP contribution in [0.2, 0.25) is 0 Å². The Balaban J connectivity index is 2.44. The molecule has 4 rings (SSSR count). The number of nitrogens with one attached hydrogen (secondary N) is 3. The van der Waals surface area contributed by atoms with Crippen molar-refractivity contribution >= 4 is 102 Å². The number of nitrogens with zero attached hydrogens (tertiary/aromatic N) is 12. The van der Waals surface area contributed by atoms with E-state index in [1.165, 1.54) is 16.0 Å². The number of non-ortho nitro benzene ring substituents is 3. The summed E-state index contributed by atoms with van der Waals surface area (Å²) in [7, 11) is 0. The van der Waals surface area contributed by atoms with Gasteiger partial charge in [0.2, 0.25) is 17.1 Å². The molecule has 0 aliphatic carbocycles. The van der Waals surface area contributed by atoms with Gasteiger partial charge >= 0.3 is 51.2 Å². The SMILES string of the molecule is O=[N+]([O-])c1cc([N+](=O)[O-])c(Nc2c([N+](=O)[O-])c(Nc3c([N+](=O)[O-])cc([N+](=O)[O-])cc3[N+](=O)[O-])c([N+](=O)[O-])c(Nc3c([N+](=O)[O-])cc([N+](=O)[O-])cc3[N+](=O)[O-])c2[N+](=O)[O-])c([N+](=O)[O-])c1. The molecule has 4 aromatic rings. The van der Waals surface area contributed by atoms with Gasteiger partial charge in [-0.2, -0.15) is 0 Å². The van der Waals surface area contributed by atoms with E-state index in [1.54, 1.807) is 0 Å². The smallest absolute Gasteiger partial charge is 0.330 e. The third-order valence-electron chi connectivity index (χ3n) is 7.78. The van der Waals surface area contributed by atoms with Crippen LogP contribution in [-0.2, 0) is 0 Å². The minimum atomic E-state index is -2.31. The van der Waals surface area contributed by atoms with Crippen molar-refractivity contribution in [1.29, 1.82) is 0 Å². The molecule has 0 unspecified atom stereocenters. The first kappa shape index (κ1) is 44.8. The Morgan fingerprint density at radius 2 is 0.397 bits per heavy atom. The van der Waals surface area contributed by atoms with Crippen molar-refractivity contribution in [3.05, 3.63) is 158 Å². The van der Waals surface area contributed by atoms with Crippen LogP contribution >= 0.6 is 0 Å². The number of hydrogen-bond acceptors (Lipinski definition) is 27. The van der Waals surface area contributed by atoms with E-state index in [-0.39, 0.29) is 36.4 Å². The van der Waals surface area contributed by atoms with Crippen LogP contribution in [0.3, 0.4) is 0 Å². The predicted octanol–water partition coefficient (Wildman–Crippen LogP) is 5.82. The van der Waals surface area contributed by atoms with Crippen molar-refractivity contribution in [2.75, 3.05) is 16.0 Å². The maximum Gasteiger partial charge on any atom is 0.330 e. The van der Waals surface area contributed by atoms with Crippen molar-refractivity contribution in [2.24, 2.45) is 0 Å². The molecule has 0 amide bonds. The first-order chi connectivity index (χ1) is 29.2. The molecule has 0 aromatic heterocycles. The van der Waals surface area contributed by atoms with Gasteiger partial charge in [-0.05, 0) is 0 Å². The lowest BCUT2D eigenvalue weighted by Crippen LogP contribution is -2.14. The Kier molecular flexibility index (Phi) is 11.7. The Labute approximate surface area is 335 Å². The third-order valence-corrected chi connectivity index (χ3v) is 7.78. The fourth-order valence-electron chi connectivity index (χ4n) is 5.35. The topological polar surface area (TPSA) is 554 Å². The van der Waals surface area contributed by atoms with Gasteiger partial charge in [0.1, 0.15) is 0 Å². The Morgan fingerprint density at radius 1 is 0.238 bits per heavy atom. The molecule has 39 heteroatoms. The van der Waals surface area contributed by atoms with E-state index in [2.05, 4.69) is 0 Å². The van der Waals surface area contributed by atoms with E-state index >= 15 is 0 Å². The van der Waals surface area contributed by atoms with Crippen LogP contribution in [0.1, 0.15) is 0 Å². The predicted molar refractivity (Wildman–Crippen MR) is 195 cm³/mol. The second kappa shape index (κ2) is 16.5. The zero-order valence-electron chi connectivity index (χ0n) is 29.1. The molecule has 0 bridgehead atoms. The lowest BCUT2D eigenvalue weighted by atomic mass is 10.1. The molecule has 3 N–H and O–H groups in total. The van der Waals surface area contributed by atoms with Crippen molar-refractivity contribution in [3.63, 3.8) is 0 Å². The lowest BCUT2D eigenvalue weighted by molar-refractivity contribution is -0.402. The van der Waals surface area contributed by atoms with E-state index in [4.69, 9.17) is 0 Å². The fraction of sp³-hybridized carbons (Fsp3) is 0. The maximum atomic E-state index is 12.9. The van der Waals surface area contributed by atoms with E-state index in [0.717, 1.165) is 0 Å². The quantitative estimate of drug-likeness (QED) is 0.0782. The van der Waals surface area contributed by atoms with Crippen LogP contribution in [0, 0.1) is 121 Å². The molecule has 0 radical (unpaired) electrons. The standard InChI is InChI=1S/C24H9N15O24/c40-28(41)7-1-10(31(46)47)16(11(2-7)32(48)49)25-19-22(37(58)59)20(26-17-12(33(50)51)3-8(29(42)43)4-13(17)34(52)53)24(39(62)63)21(23(19)38(60)61)27-18-14(35(54)55)5-9(30(44)45)6-15(18)36(56)57/h1-6,25-27H. The normalized spacial score (nSPS) is 10.5. The molecule has 4 aromatic carbocycles.